The molecule has 0 unspecified atom stereocenters. The highest BCUT2D eigenvalue weighted by Gasteiger charge is 2.37. The molecule has 0 spiro atoms. The van der Waals surface area contributed by atoms with E-state index in [1.54, 1.807) is 17.0 Å². The maximum Gasteiger partial charge on any atom is 0.289 e. The number of aromatic nitrogens is 1. The summed E-state index contributed by atoms with van der Waals surface area (Å²) in [6, 6.07) is 5.87. The molecule has 4 heterocycles. The van der Waals surface area contributed by atoms with Crippen molar-refractivity contribution in [3.05, 3.63) is 46.5 Å². The van der Waals surface area contributed by atoms with E-state index in [4.69, 9.17) is 14.1 Å². The summed E-state index contributed by atoms with van der Waals surface area (Å²) >= 11 is 0. The highest BCUT2D eigenvalue weighted by molar-refractivity contribution is 5.91. The Balaban J connectivity index is 1.44. The molecule has 2 aliphatic heterocycles. The van der Waals surface area contributed by atoms with Crippen LogP contribution in [0.5, 0.6) is 0 Å². The Morgan fingerprint density at radius 1 is 1.23 bits per heavy atom. The lowest BCUT2D eigenvalue weighted by molar-refractivity contribution is -0.0407. The fourth-order valence-corrected chi connectivity index (χ4v) is 4.50. The van der Waals surface area contributed by atoms with E-state index in [1.165, 1.54) is 6.26 Å². The highest BCUT2D eigenvalue weighted by Crippen LogP contribution is 2.45. The Morgan fingerprint density at radius 2 is 2.00 bits per heavy atom. The number of anilines is 1. The molecule has 5 rings (SSSR count). The number of ether oxygens (including phenoxy) is 1. The SMILES string of the molecule is CC1(C)Cc2c(C#N)c(N3CCN(C(=O)c4ccco4)CC3)nc(C3CC3)c2CO1. The van der Waals surface area contributed by atoms with E-state index in [0.717, 1.165) is 41.9 Å². The Labute approximate surface area is 176 Å². The summed E-state index contributed by atoms with van der Waals surface area (Å²) in [5, 5.41) is 10.1. The number of piperazine rings is 1. The zero-order chi connectivity index (χ0) is 20.9. The van der Waals surface area contributed by atoms with Gasteiger partial charge in [-0.15, -0.1) is 0 Å². The first-order chi connectivity index (χ1) is 14.5. The molecular formula is C23H26N4O3. The third kappa shape index (κ3) is 3.35. The molecule has 0 atom stereocenters. The van der Waals surface area contributed by atoms with Gasteiger partial charge in [-0.3, -0.25) is 4.79 Å². The number of fused-ring (bicyclic) bond motifs is 1. The second-order valence-corrected chi connectivity index (χ2v) is 9.02. The van der Waals surface area contributed by atoms with Gasteiger partial charge in [0.05, 0.1) is 29.7 Å². The number of nitriles is 1. The summed E-state index contributed by atoms with van der Waals surface area (Å²) in [5.41, 5.74) is 3.74. The van der Waals surface area contributed by atoms with Crippen LogP contribution in [0.3, 0.4) is 0 Å². The number of furan rings is 1. The minimum atomic E-state index is -0.286. The summed E-state index contributed by atoms with van der Waals surface area (Å²) in [6.45, 7) is 7.14. The minimum absolute atomic E-state index is 0.0869. The number of carbonyl (C=O) groups excluding carboxylic acids is 1. The maximum absolute atomic E-state index is 12.6. The Hall–Kier alpha value is -2.85. The second-order valence-electron chi connectivity index (χ2n) is 9.02. The number of pyridine rings is 1. The number of rotatable bonds is 3. The van der Waals surface area contributed by atoms with E-state index in [9.17, 15) is 10.1 Å². The first-order valence-electron chi connectivity index (χ1n) is 10.6. The summed E-state index contributed by atoms with van der Waals surface area (Å²) in [4.78, 5) is 21.6. The van der Waals surface area contributed by atoms with E-state index in [1.807, 2.05) is 0 Å². The predicted octanol–water partition coefficient (Wildman–Crippen LogP) is 3.24. The molecule has 2 fully saturated rings. The zero-order valence-electron chi connectivity index (χ0n) is 17.5. The molecule has 156 valence electrons. The number of nitrogens with zero attached hydrogens (tertiary/aromatic N) is 4. The molecule has 0 aromatic carbocycles. The fourth-order valence-electron chi connectivity index (χ4n) is 4.50. The molecule has 0 N–H and O–H groups in total. The van der Waals surface area contributed by atoms with Gasteiger partial charge in [0.25, 0.3) is 5.91 Å². The van der Waals surface area contributed by atoms with E-state index in [2.05, 4.69) is 24.8 Å². The number of amides is 1. The maximum atomic E-state index is 12.6. The van der Waals surface area contributed by atoms with Crippen molar-refractivity contribution in [1.29, 1.82) is 5.26 Å². The molecule has 0 radical (unpaired) electrons. The van der Waals surface area contributed by atoms with Crippen molar-refractivity contribution >= 4 is 11.7 Å². The van der Waals surface area contributed by atoms with Gasteiger partial charge >= 0.3 is 0 Å². The molecule has 7 heteroatoms. The minimum Gasteiger partial charge on any atom is -0.459 e. The smallest absolute Gasteiger partial charge is 0.289 e. The van der Waals surface area contributed by atoms with Gasteiger partial charge in [-0.05, 0) is 44.4 Å². The third-order valence-electron chi connectivity index (χ3n) is 6.31. The van der Waals surface area contributed by atoms with Crippen LogP contribution < -0.4 is 4.90 Å². The largest absolute Gasteiger partial charge is 0.459 e. The van der Waals surface area contributed by atoms with Crippen LogP contribution in [-0.2, 0) is 17.8 Å². The van der Waals surface area contributed by atoms with E-state index < -0.39 is 0 Å². The Morgan fingerprint density at radius 3 is 2.63 bits per heavy atom. The van der Waals surface area contributed by atoms with E-state index in [0.29, 0.717) is 50.0 Å². The van der Waals surface area contributed by atoms with E-state index in [-0.39, 0.29) is 11.5 Å². The lowest BCUT2D eigenvalue weighted by atomic mass is 9.87. The molecular weight excluding hydrogens is 380 g/mol. The van der Waals surface area contributed by atoms with Crippen molar-refractivity contribution in [3.8, 4) is 6.07 Å². The van der Waals surface area contributed by atoms with Crippen LogP contribution in [0.25, 0.3) is 0 Å². The Kier molecular flexibility index (Phi) is 4.55. The van der Waals surface area contributed by atoms with Gasteiger partial charge in [0, 0.05) is 44.1 Å². The molecule has 7 nitrogen and oxygen atoms in total. The van der Waals surface area contributed by atoms with Gasteiger partial charge in [-0.25, -0.2) is 4.98 Å². The van der Waals surface area contributed by atoms with Crippen molar-refractivity contribution in [3.63, 3.8) is 0 Å². The van der Waals surface area contributed by atoms with Crippen molar-refractivity contribution < 1.29 is 13.9 Å². The number of carbonyl (C=O) groups is 1. The Bertz CT molecular complexity index is 1010. The van der Waals surface area contributed by atoms with Crippen LogP contribution in [0.15, 0.2) is 22.8 Å². The molecule has 1 saturated carbocycles. The van der Waals surface area contributed by atoms with Crippen LogP contribution in [0.2, 0.25) is 0 Å². The molecule has 30 heavy (non-hydrogen) atoms. The summed E-state index contributed by atoms with van der Waals surface area (Å²) < 4.78 is 11.3. The van der Waals surface area contributed by atoms with Crippen molar-refractivity contribution in [2.45, 2.75) is 51.2 Å². The summed E-state index contributed by atoms with van der Waals surface area (Å²) in [7, 11) is 0. The summed E-state index contributed by atoms with van der Waals surface area (Å²) in [6.07, 6.45) is 4.54. The third-order valence-corrected chi connectivity index (χ3v) is 6.31. The first kappa shape index (κ1) is 19.1. The average molecular weight is 406 g/mol. The zero-order valence-corrected chi connectivity index (χ0v) is 17.5. The van der Waals surface area contributed by atoms with Gasteiger partial charge in [-0.2, -0.15) is 5.26 Å². The summed E-state index contributed by atoms with van der Waals surface area (Å²) in [5.74, 6) is 1.54. The van der Waals surface area contributed by atoms with Crippen molar-refractivity contribution in [2.75, 3.05) is 31.1 Å². The molecule has 1 saturated heterocycles. The lowest BCUT2D eigenvalue weighted by Crippen LogP contribution is -2.49. The number of hydrogen-bond donors (Lipinski definition) is 0. The fraction of sp³-hybridized carbons (Fsp3) is 0.522. The standard InChI is InChI=1S/C23H26N4O3/c1-23(2)12-16-17(13-24)21(25-20(15-5-6-15)18(16)14-30-23)26-7-9-27(10-8-26)22(28)19-4-3-11-29-19/h3-4,11,15H,5-10,12,14H2,1-2H3. The van der Waals surface area contributed by atoms with Gasteiger partial charge in [0.2, 0.25) is 0 Å². The quantitative estimate of drug-likeness (QED) is 0.778. The van der Waals surface area contributed by atoms with Crippen LogP contribution in [-0.4, -0.2) is 47.6 Å². The highest BCUT2D eigenvalue weighted by atomic mass is 16.5. The second kappa shape index (κ2) is 7.13. The van der Waals surface area contributed by atoms with Gasteiger partial charge in [-0.1, -0.05) is 0 Å². The van der Waals surface area contributed by atoms with Crippen LogP contribution in [0.1, 0.15) is 65.5 Å². The van der Waals surface area contributed by atoms with Crippen LogP contribution >= 0.6 is 0 Å². The van der Waals surface area contributed by atoms with Gasteiger partial charge in [0.15, 0.2) is 5.76 Å². The molecule has 1 aliphatic carbocycles. The number of hydrogen-bond acceptors (Lipinski definition) is 6. The van der Waals surface area contributed by atoms with Crippen LogP contribution in [0, 0.1) is 11.3 Å². The predicted molar refractivity (Wildman–Crippen MR) is 110 cm³/mol. The van der Waals surface area contributed by atoms with Crippen LogP contribution in [0.4, 0.5) is 5.82 Å². The molecule has 2 aromatic heterocycles. The van der Waals surface area contributed by atoms with Crippen molar-refractivity contribution in [1.82, 2.24) is 9.88 Å². The van der Waals surface area contributed by atoms with Gasteiger partial charge in [0.1, 0.15) is 11.9 Å². The molecule has 3 aliphatic rings. The monoisotopic (exact) mass is 406 g/mol. The first-order valence-corrected chi connectivity index (χ1v) is 10.6. The molecule has 1 amide bonds. The molecule has 0 bridgehead atoms. The van der Waals surface area contributed by atoms with E-state index >= 15 is 0 Å². The topological polar surface area (TPSA) is 82.6 Å². The average Bonchev–Trinajstić information content (AvgIpc) is 3.44. The lowest BCUT2D eigenvalue weighted by Gasteiger charge is -2.38. The molecule has 2 aromatic rings. The van der Waals surface area contributed by atoms with Crippen molar-refractivity contribution in [2.24, 2.45) is 0 Å². The normalized spacial score (nSPS) is 20.6. The van der Waals surface area contributed by atoms with Gasteiger partial charge < -0.3 is 19.0 Å².